The molecule has 0 unspecified atom stereocenters. The smallest absolute Gasteiger partial charge is 0.352 e. The number of carbonyl (C=O) groups excluding carboxylic acids is 1. The highest BCUT2D eigenvalue weighted by molar-refractivity contribution is 6.14. The first-order chi connectivity index (χ1) is 7.99. The van der Waals surface area contributed by atoms with E-state index in [-0.39, 0.29) is 18.4 Å². The first kappa shape index (κ1) is 16.2. The van der Waals surface area contributed by atoms with Gasteiger partial charge in [-0.25, -0.2) is 15.2 Å². The monoisotopic (exact) mass is 272 g/mol. The average molecular weight is 273 g/mol. The number of anilines is 1. The highest BCUT2D eigenvalue weighted by Crippen LogP contribution is 2.24. The molecule has 0 heterocycles. The Balaban J connectivity index is 0.00000289. The molecular formula is C11H17ClN4O2. The van der Waals surface area contributed by atoms with E-state index in [1.807, 2.05) is 32.0 Å². The molecule has 100 valence electrons. The summed E-state index contributed by atoms with van der Waals surface area (Å²) in [5, 5.41) is 7.48. The molecule has 0 aliphatic heterocycles. The minimum atomic E-state index is -0.600. The van der Waals surface area contributed by atoms with Crippen molar-refractivity contribution < 1.29 is 9.63 Å². The molecule has 0 fully saturated rings. The van der Waals surface area contributed by atoms with Crippen LogP contribution < -0.4 is 16.1 Å². The normalized spacial score (nSPS) is 9.28. The van der Waals surface area contributed by atoms with Crippen molar-refractivity contribution >= 4 is 30.1 Å². The van der Waals surface area contributed by atoms with E-state index >= 15 is 0 Å². The van der Waals surface area contributed by atoms with Crippen molar-refractivity contribution in [2.24, 2.45) is 5.73 Å². The van der Waals surface area contributed by atoms with Gasteiger partial charge in [-0.3, -0.25) is 10.2 Å². The van der Waals surface area contributed by atoms with Crippen LogP contribution in [0, 0.1) is 19.3 Å². The third kappa shape index (κ3) is 3.35. The van der Waals surface area contributed by atoms with E-state index in [1.54, 1.807) is 0 Å². The lowest BCUT2D eigenvalue weighted by Crippen LogP contribution is -2.47. The average Bonchev–Trinajstić information content (AvgIpc) is 2.23. The first-order valence-corrected chi connectivity index (χ1v) is 5.02. The molecule has 0 aliphatic carbocycles. The number of urea groups is 1. The summed E-state index contributed by atoms with van der Waals surface area (Å²) in [6, 6.07) is 4.97. The fraction of sp³-hybridized carbons (Fsp3) is 0.273. The molecule has 0 atom stereocenters. The fourth-order valence-corrected chi connectivity index (χ4v) is 1.62. The molecule has 0 bridgehead atoms. The summed E-state index contributed by atoms with van der Waals surface area (Å²) < 4.78 is 0. The van der Waals surface area contributed by atoms with E-state index in [0.717, 1.165) is 16.0 Å². The van der Waals surface area contributed by atoms with Gasteiger partial charge in [-0.15, -0.1) is 12.4 Å². The summed E-state index contributed by atoms with van der Waals surface area (Å²) in [7, 11) is 1.32. The quantitative estimate of drug-likeness (QED) is 0.435. The van der Waals surface area contributed by atoms with Gasteiger partial charge >= 0.3 is 6.03 Å². The Kier molecular flexibility index (Phi) is 6.15. The number of hydrogen-bond acceptors (Lipinski definition) is 3. The van der Waals surface area contributed by atoms with Gasteiger partial charge in [0.25, 0.3) is 0 Å². The molecule has 2 amide bonds. The third-order valence-electron chi connectivity index (χ3n) is 2.30. The zero-order valence-corrected chi connectivity index (χ0v) is 11.3. The second-order valence-corrected chi connectivity index (χ2v) is 3.57. The van der Waals surface area contributed by atoms with Crippen LogP contribution in [-0.2, 0) is 4.84 Å². The van der Waals surface area contributed by atoms with Crippen LogP contribution in [0.4, 0.5) is 10.5 Å². The summed E-state index contributed by atoms with van der Waals surface area (Å²) in [5.41, 5.74) is 9.88. The van der Waals surface area contributed by atoms with Crippen LogP contribution in [0.3, 0.4) is 0 Å². The second kappa shape index (κ2) is 6.83. The third-order valence-corrected chi connectivity index (χ3v) is 2.30. The van der Waals surface area contributed by atoms with Crippen LogP contribution >= 0.6 is 12.4 Å². The van der Waals surface area contributed by atoms with Crippen LogP contribution in [0.1, 0.15) is 11.1 Å². The molecule has 0 saturated carbocycles. The highest BCUT2D eigenvalue weighted by Gasteiger charge is 2.21. The Labute approximate surface area is 112 Å². The van der Waals surface area contributed by atoms with Crippen molar-refractivity contribution in [3.63, 3.8) is 0 Å². The zero-order chi connectivity index (χ0) is 13.0. The van der Waals surface area contributed by atoms with Crippen molar-refractivity contribution in [1.29, 1.82) is 5.41 Å². The number of nitrogens with one attached hydrogen (secondary N) is 2. The number of nitrogens with zero attached hydrogens (tertiary/aromatic N) is 1. The maximum atomic E-state index is 11.8. The Morgan fingerprint density at radius 3 is 2.28 bits per heavy atom. The molecule has 0 spiro atoms. The van der Waals surface area contributed by atoms with Gasteiger partial charge < -0.3 is 5.73 Å². The number of halogens is 1. The Hall–Kier alpha value is -1.79. The van der Waals surface area contributed by atoms with Gasteiger partial charge in [0.2, 0.25) is 5.96 Å². The van der Waals surface area contributed by atoms with Crippen molar-refractivity contribution in [3.8, 4) is 0 Å². The number of rotatable bonds is 2. The lowest BCUT2D eigenvalue weighted by atomic mass is 10.1. The summed E-state index contributed by atoms with van der Waals surface area (Å²) in [6.07, 6.45) is 0. The Bertz CT molecular complexity index is 430. The number of nitrogens with two attached hydrogens (primary N) is 1. The topological polar surface area (TPSA) is 91.4 Å². The largest absolute Gasteiger partial charge is 0.369 e. The summed E-state index contributed by atoms with van der Waals surface area (Å²) >= 11 is 0. The number of hydroxylamine groups is 1. The van der Waals surface area contributed by atoms with Crippen LogP contribution in [0.5, 0.6) is 0 Å². The van der Waals surface area contributed by atoms with Crippen molar-refractivity contribution in [1.82, 2.24) is 5.48 Å². The van der Waals surface area contributed by atoms with Gasteiger partial charge in [0, 0.05) is 0 Å². The van der Waals surface area contributed by atoms with Gasteiger partial charge in [-0.05, 0) is 25.0 Å². The number of amides is 2. The maximum absolute atomic E-state index is 11.8. The number of guanidine groups is 1. The number of benzene rings is 1. The first-order valence-electron chi connectivity index (χ1n) is 5.02. The Morgan fingerprint density at radius 1 is 1.39 bits per heavy atom. The van der Waals surface area contributed by atoms with Gasteiger partial charge in [-0.1, -0.05) is 18.2 Å². The van der Waals surface area contributed by atoms with E-state index in [9.17, 15) is 4.79 Å². The summed E-state index contributed by atoms with van der Waals surface area (Å²) in [5.74, 6) is -0.364. The highest BCUT2D eigenvalue weighted by atomic mass is 35.5. The fourth-order valence-electron chi connectivity index (χ4n) is 1.62. The minimum Gasteiger partial charge on any atom is -0.369 e. The van der Waals surface area contributed by atoms with E-state index in [0.29, 0.717) is 5.69 Å². The lowest BCUT2D eigenvalue weighted by Gasteiger charge is -2.23. The molecule has 4 N–H and O–H groups in total. The zero-order valence-electron chi connectivity index (χ0n) is 10.5. The second-order valence-electron chi connectivity index (χ2n) is 3.57. The molecule has 6 nitrogen and oxygen atoms in total. The van der Waals surface area contributed by atoms with Gasteiger partial charge in [0.05, 0.1) is 12.8 Å². The van der Waals surface area contributed by atoms with Crippen molar-refractivity contribution in [2.75, 3.05) is 12.0 Å². The van der Waals surface area contributed by atoms with Gasteiger partial charge in [0.15, 0.2) is 0 Å². The summed E-state index contributed by atoms with van der Waals surface area (Å²) in [4.78, 5) is 17.4. The molecule has 1 aromatic carbocycles. The predicted molar refractivity (Wildman–Crippen MR) is 73.1 cm³/mol. The van der Waals surface area contributed by atoms with Gasteiger partial charge in [-0.2, -0.15) is 0 Å². The van der Waals surface area contributed by atoms with E-state index in [2.05, 4.69) is 10.3 Å². The van der Waals surface area contributed by atoms with Crippen LogP contribution in [0.25, 0.3) is 0 Å². The van der Waals surface area contributed by atoms with E-state index in [4.69, 9.17) is 11.1 Å². The molecule has 0 aromatic heterocycles. The maximum Gasteiger partial charge on any atom is 0.352 e. The van der Waals surface area contributed by atoms with Crippen LogP contribution in [0.15, 0.2) is 18.2 Å². The number of carbonyl (C=O) groups is 1. The van der Waals surface area contributed by atoms with E-state index in [1.165, 1.54) is 7.11 Å². The minimum absolute atomic E-state index is 0. The number of hydrogen-bond donors (Lipinski definition) is 3. The molecule has 1 rings (SSSR count). The predicted octanol–water partition coefficient (Wildman–Crippen LogP) is 1.70. The van der Waals surface area contributed by atoms with Crippen molar-refractivity contribution in [2.45, 2.75) is 13.8 Å². The van der Waals surface area contributed by atoms with E-state index < -0.39 is 6.03 Å². The summed E-state index contributed by atoms with van der Waals surface area (Å²) in [6.45, 7) is 3.69. The molecule has 0 saturated heterocycles. The molecule has 0 radical (unpaired) electrons. The number of aryl methyl sites for hydroxylation is 2. The molecule has 7 heteroatoms. The van der Waals surface area contributed by atoms with Gasteiger partial charge in [0.1, 0.15) is 0 Å². The SMILES string of the molecule is CONC(=O)N(C(=N)N)c1c(C)cccc1C.Cl. The standard InChI is InChI=1S/C11H16N4O2.ClH/c1-7-5-4-6-8(2)9(7)15(10(12)13)11(16)14-17-3;/h4-6H,1-3H3,(H3,12,13)(H,14,16);1H. The van der Waals surface area contributed by atoms with Crippen molar-refractivity contribution in [3.05, 3.63) is 29.3 Å². The molecular weight excluding hydrogens is 256 g/mol. The Morgan fingerprint density at radius 2 is 1.89 bits per heavy atom. The lowest BCUT2D eigenvalue weighted by molar-refractivity contribution is 0.112. The van der Waals surface area contributed by atoms with Crippen LogP contribution in [0.2, 0.25) is 0 Å². The molecule has 1 aromatic rings. The number of para-hydroxylation sites is 1. The molecule has 0 aliphatic rings. The van der Waals surface area contributed by atoms with Crippen LogP contribution in [-0.4, -0.2) is 19.1 Å². The molecule has 18 heavy (non-hydrogen) atoms.